The first-order valence-corrected chi connectivity index (χ1v) is 9.33. The second-order valence-corrected chi connectivity index (χ2v) is 7.35. The Bertz CT molecular complexity index is 852. The molecule has 1 fully saturated rings. The van der Waals surface area contributed by atoms with E-state index in [1.807, 2.05) is 28.2 Å². The van der Waals surface area contributed by atoms with Crippen molar-refractivity contribution in [1.82, 2.24) is 19.4 Å². The highest BCUT2D eigenvalue weighted by atomic mass is 32.1. The summed E-state index contributed by atoms with van der Waals surface area (Å²) >= 11 is 1.55. The molecule has 3 aromatic rings. The van der Waals surface area contributed by atoms with Crippen molar-refractivity contribution in [3.05, 3.63) is 35.9 Å². The smallest absolute Gasteiger partial charge is 0.231 e. The van der Waals surface area contributed by atoms with Crippen molar-refractivity contribution in [2.45, 2.75) is 26.2 Å². The maximum absolute atomic E-state index is 12.3. The van der Waals surface area contributed by atoms with Crippen LogP contribution >= 0.6 is 11.3 Å². The number of carbonyl (C=O) groups is 1. The van der Waals surface area contributed by atoms with E-state index in [1.54, 1.807) is 11.3 Å². The van der Waals surface area contributed by atoms with Crippen molar-refractivity contribution >= 4 is 33.8 Å². The van der Waals surface area contributed by atoms with Crippen LogP contribution in [0.4, 0.5) is 11.6 Å². The van der Waals surface area contributed by atoms with E-state index in [9.17, 15) is 4.79 Å². The molecule has 1 aliphatic heterocycles. The molecule has 7 nitrogen and oxygen atoms in total. The fourth-order valence-corrected chi connectivity index (χ4v) is 3.76. The van der Waals surface area contributed by atoms with Gasteiger partial charge in [-0.3, -0.25) is 9.20 Å². The molecule has 0 aliphatic carbocycles. The van der Waals surface area contributed by atoms with Gasteiger partial charge in [-0.2, -0.15) is 0 Å². The zero-order valence-electron chi connectivity index (χ0n) is 14.1. The van der Waals surface area contributed by atoms with Gasteiger partial charge in [-0.25, -0.2) is 15.0 Å². The minimum Gasteiger partial charge on any atom is -0.356 e. The number of aromatic nitrogens is 4. The molecule has 0 atom stereocenters. The number of fused-ring (bicyclic) bond motifs is 1. The van der Waals surface area contributed by atoms with Gasteiger partial charge < -0.3 is 10.2 Å². The third kappa shape index (κ3) is 3.63. The first-order valence-electron chi connectivity index (χ1n) is 8.45. The number of anilines is 2. The van der Waals surface area contributed by atoms with E-state index in [0.29, 0.717) is 5.82 Å². The topological polar surface area (TPSA) is 75.4 Å². The van der Waals surface area contributed by atoms with Crippen molar-refractivity contribution < 1.29 is 4.79 Å². The van der Waals surface area contributed by atoms with Gasteiger partial charge in [0.15, 0.2) is 4.96 Å². The maximum Gasteiger partial charge on any atom is 0.231 e. The van der Waals surface area contributed by atoms with Crippen LogP contribution < -0.4 is 10.2 Å². The summed E-state index contributed by atoms with van der Waals surface area (Å²) in [4.78, 5) is 28.4. The molecule has 0 unspecified atom stereocenters. The minimum atomic E-state index is -0.123. The van der Waals surface area contributed by atoms with Gasteiger partial charge in [-0.1, -0.05) is 6.92 Å². The number of piperidine rings is 1. The Morgan fingerprint density at radius 1 is 1.36 bits per heavy atom. The minimum absolute atomic E-state index is 0.123. The molecule has 0 saturated carbocycles. The van der Waals surface area contributed by atoms with Crippen LogP contribution in [0.15, 0.2) is 30.2 Å². The van der Waals surface area contributed by atoms with Crippen molar-refractivity contribution in [2.24, 2.45) is 5.92 Å². The predicted octanol–water partition coefficient (Wildman–Crippen LogP) is 2.60. The summed E-state index contributed by atoms with van der Waals surface area (Å²) in [6.45, 7) is 4.27. The Morgan fingerprint density at radius 3 is 3.00 bits per heavy atom. The van der Waals surface area contributed by atoms with Crippen LogP contribution in [-0.2, 0) is 11.2 Å². The molecule has 130 valence electrons. The molecule has 1 amide bonds. The van der Waals surface area contributed by atoms with E-state index >= 15 is 0 Å². The SMILES string of the molecule is CC1CCN(c2cc(NC(=O)Cc3cn4ccsc4n3)ncn2)CC1. The van der Waals surface area contributed by atoms with Gasteiger partial charge in [0.25, 0.3) is 0 Å². The van der Waals surface area contributed by atoms with E-state index in [2.05, 4.69) is 32.1 Å². The highest BCUT2D eigenvalue weighted by molar-refractivity contribution is 7.15. The van der Waals surface area contributed by atoms with E-state index in [0.717, 1.165) is 35.5 Å². The summed E-state index contributed by atoms with van der Waals surface area (Å²) in [6.07, 6.45) is 7.90. The van der Waals surface area contributed by atoms with E-state index in [4.69, 9.17) is 0 Å². The van der Waals surface area contributed by atoms with Crippen molar-refractivity contribution in [3.63, 3.8) is 0 Å². The number of nitrogens with zero attached hydrogens (tertiary/aromatic N) is 5. The number of imidazole rings is 1. The number of amides is 1. The molecular weight excluding hydrogens is 336 g/mol. The fraction of sp³-hybridized carbons (Fsp3) is 0.412. The summed E-state index contributed by atoms with van der Waals surface area (Å²) in [5, 5.41) is 4.82. The standard InChI is InChI=1S/C17H20N6OS/c1-12-2-4-22(5-3-12)15-9-14(18-11-19-15)21-16(24)8-13-10-23-6-7-25-17(23)20-13/h6-7,9-12H,2-5,8H2,1H3,(H,18,19,21,24). The number of thiazole rings is 1. The summed E-state index contributed by atoms with van der Waals surface area (Å²) in [6, 6.07) is 1.85. The lowest BCUT2D eigenvalue weighted by Crippen LogP contribution is -2.33. The number of hydrogen-bond acceptors (Lipinski definition) is 6. The normalized spacial score (nSPS) is 15.6. The van der Waals surface area contributed by atoms with Gasteiger partial charge in [0.1, 0.15) is 18.0 Å². The average Bonchev–Trinajstić information content (AvgIpc) is 3.17. The molecule has 0 radical (unpaired) electrons. The number of rotatable bonds is 4. The van der Waals surface area contributed by atoms with Crippen LogP contribution in [0.5, 0.6) is 0 Å². The number of carbonyl (C=O) groups excluding carboxylic acids is 1. The quantitative estimate of drug-likeness (QED) is 0.778. The van der Waals surface area contributed by atoms with Gasteiger partial charge in [-0.15, -0.1) is 11.3 Å². The Kier molecular flexibility index (Phi) is 4.35. The summed E-state index contributed by atoms with van der Waals surface area (Å²) in [5.41, 5.74) is 0.753. The van der Waals surface area contributed by atoms with Crippen LogP contribution in [-0.4, -0.2) is 38.3 Å². The zero-order chi connectivity index (χ0) is 17.2. The van der Waals surface area contributed by atoms with Gasteiger partial charge in [0.05, 0.1) is 12.1 Å². The molecular formula is C17H20N6OS. The van der Waals surface area contributed by atoms with Crippen molar-refractivity contribution in [1.29, 1.82) is 0 Å². The Balaban J connectivity index is 1.40. The van der Waals surface area contributed by atoms with Crippen molar-refractivity contribution in [3.8, 4) is 0 Å². The summed E-state index contributed by atoms with van der Waals surface area (Å²) < 4.78 is 1.92. The molecule has 8 heteroatoms. The van der Waals surface area contributed by atoms with E-state index < -0.39 is 0 Å². The van der Waals surface area contributed by atoms with E-state index in [1.165, 1.54) is 19.2 Å². The molecule has 1 N–H and O–H groups in total. The second-order valence-electron chi connectivity index (χ2n) is 6.48. The molecule has 0 aromatic carbocycles. The number of nitrogens with one attached hydrogen (secondary N) is 1. The molecule has 3 aromatic heterocycles. The predicted molar refractivity (Wildman–Crippen MR) is 98.0 cm³/mol. The largest absolute Gasteiger partial charge is 0.356 e. The third-order valence-corrected chi connectivity index (χ3v) is 5.28. The molecule has 1 aliphatic rings. The molecule has 1 saturated heterocycles. The lowest BCUT2D eigenvalue weighted by Gasteiger charge is -2.31. The highest BCUT2D eigenvalue weighted by Crippen LogP contribution is 2.22. The summed E-state index contributed by atoms with van der Waals surface area (Å²) in [7, 11) is 0. The average molecular weight is 356 g/mol. The lowest BCUT2D eigenvalue weighted by molar-refractivity contribution is -0.115. The molecule has 25 heavy (non-hydrogen) atoms. The second kappa shape index (κ2) is 6.79. The van der Waals surface area contributed by atoms with Crippen molar-refractivity contribution in [2.75, 3.05) is 23.3 Å². The van der Waals surface area contributed by atoms with Crippen LogP contribution in [0.3, 0.4) is 0 Å². The third-order valence-electron chi connectivity index (χ3n) is 4.51. The van der Waals surface area contributed by atoms with Gasteiger partial charge >= 0.3 is 0 Å². The zero-order valence-corrected chi connectivity index (χ0v) is 14.9. The molecule has 4 heterocycles. The van der Waals surface area contributed by atoms with Crippen LogP contribution in [0.25, 0.3) is 4.96 Å². The Labute approximate surface area is 149 Å². The van der Waals surface area contributed by atoms with Gasteiger partial charge in [0, 0.05) is 36.9 Å². The monoisotopic (exact) mass is 356 g/mol. The first-order chi connectivity index (χ1) is 12.2. The fourth-order valence-electron chi connectivity index (χ4n) is 3.04. The maximum atomic E-state index is 12.3. The molecule has 0 bridgehead atoms. The number of hydrogen-bond donors (Lipinski definition) is 1. The van der Waals surface area contributed by atoms with E-state index in [-0.39, 0.29) is 12.3 Å². The Morgan fingerprint density at radius 2 is 2.20 bits per heavy atom. The molecule has 0 spiro atoms. The lowest BCUT2D eigenvalue weighted by atomic mass is 9.99. The molecule has 4 rings (SSSR count). The first kappa shape index (κ1) is 16.0. The van der Waals surface area contributed by atoms with Crippen LogP contribution in [0.1, 0.15) is 25.5 Å². The summed E-state index contributed by atoms with van der Waals surface area (Å²) in [5.74, 6) is 2.05. The Hall–Kier alpha value is -2.48. The van der Waals surface area contributed by atoms with Gasteiger partial charge in [-0.05, 0) is 18.8 Å². The van der Waals surface area contributed by atoms with Crippen LogP contribution in [0.2, 0.25) is 0 Å². The van der Waals surface area contributed by atoms with Crippen LogP contribution in [0, 0.1) is 5.92 Å². The van der Waals surface area contributed by atoms with Gasteiger partial charge in [0.2, 0.25) is 5.91 Å². The highest BCUT2D eigenvalue weighted by Gasteiger charge is 2.18.